The van der Waals surface area contributed by atoms with Gasteiger partial charge >= 0.3 is 5.97 Å². The van der Waals surface area contributed by atoms with Crippen molar-refractivity contribution in [1.82, 2.24) is 5.32 Å². The summed E-state index contributed by atoms with van der Waals surface area (Å²) < 4.78 is 5.41. The summed E-state index contributed by atoms with van der Waals surface area (Å²) in [5.74, 6) is -1.68. The molecule has 2 aromatic carbocycles. The minimum absolute atomic E-state index is 0.0440. The van der Waals surface area contributed by atoms with Gasteiger partial charge in [0.15, 0.2) is 0 Å². The molecule has 0 fully saturated rings. The molecule has 0 saturated heterocycles. The molecule has 1 aliphatic rings. The zero-order chi connectivity index (χ0) is 31.9. The summed E-state index contributed by atoms with van der Waals surface area (Å²) in [6.07, 6.45) is 14.4. The molecule has 0 aliphatic carbocycles. The molecule has 0 saturated carbocycles. The van der Waals surface area contributed by atoms with Gasteiger partial charge in [0, 0.05) is 18.2 Å². The fraction of sp³-hybridized carbons (Fsp3) is 0.485. The molecule has 1 aliphatic heterocycles. The lowest BCUT2D eigenvalue weighted by molar-refractivity contribution is -0.117. The van der Waals surface area contributed by atoms with Gasteiger partial charge in [-0.2, -0.15) is 10.1 Å². The molecular weight excluding hydrogens is 603 g/mol. The van der Waals surface area contributed by atoms with Crippen molar-refractivity contribution in [2.45, 2.75) is 97.3 Å². The van der Waals surface area contributed by atoms with E-state index in [-0.39, 0.29) is 45.0 Å². The summed E-state index contributed by atoms with van der Waals surface area (Å²) in [7, 11) is 0. The number of carbonyl (C=O) groups excluding carboxylic acids is 4. The Hall–Kier alpha value is -3.43. The smallest absolute Gasteiger partial charge is 0.338 e. The molecule has 1 heterocycles. The highest BCUT2D eigenvalue weighted by Gasteiger charge is 2.30. The van der Waals surface area contributed by atoms with Gasteiger partial charge in [-0.1, -0.05) is 107 Å². The second-order valence-electron chi connectivity index (χ2n) is 11.0. The summed E-state index contributed by atoms with van der Waals surface area (Å²) in [5.41, 5.74) is 1.01. The van der Waals surface area contributed by atoms with Gasteiger partial charge in [0.05, 0.1) is 28.6 Å². The Morgan fingerprint density at radius 3 is 2.02 bits per heavy atom. The number of hydrogen-bond acceptors (Lipinski definition) is 6. The van der Waals surface area contributed by atoms with Crippen LogP contribution >= 0.6 is 23.2 Å². The van der Waals surface area contributed by atoms with Crippen molar-refractivity contribution in [3.8, 4) is 0 Å². The highest BCUT2D eigenvalue weighted by Crippen LogP contribution is 2.37. The molecule has 0 aromatic heterocycles. The summed E-state index contributed by atoms with van der Waals surface area (Å²) in [5, 5.41) is 10.5. The summed E-state index contributed by atoms with van der Waals surface area (Å²) >= 11 is 12.9. The van der Waals surface area contributed by atoms with Crippen molar-refractivity contribution >= 4 is 64.1 Å². The van der Waals surface area contributed by atoms with Gasteiger partial charge in [-0.05, 0) is 36.8 Å². The average Bonchev–Trinajstić information content (AvgIpc) is 3.33. The number of ether oxygens (including phenoxy) is 1. The van der Waals surface area contributed by atoms with Crippen molar-refractivity contribution in [1.29, 1.82) is 0 Å². The maximum Gasteiger partial charge on any atom is 0.338 e. The van der Waals surface area contributed by atoms with Gasteiger partial charge < -0.3 is 15.4 Å². The quantitative estimate of drug-likeness (QED) is 0.133. The first kappa shape index (κ1) is 35.1. The van der Waals surface area contributed by atoms with Gasteiger partial charge in [-0.25, -0.2) is 4.79 Å². The van der Waals surface area contributed by atoms with Crippen molar-refractivity contribution in [2.75, 3.05) is 16.9 Å². The van der Waals surface area contributed by atoms with Crippen LogP contribution < -0.4 is 15.6 Å². The van der Waals surface area contributed by atoms with Crippen LogP contribution in [-0.4, -0.2) is 36.1 Å². The maximum atomic E-state index is 12.8. The number of benzene rings is 2. The number of nitrogens with zero attached hydrogens (tertiary/aromatic N) is 2. The third kappa shape index (κ3) is 11.2. The van der Waals surface area contributed by atoms with Gasteiger partial charge in [-0.15, -0.1) is 0 Å². The van der Waals surface area contributed by atoms with Crippen LogP contribution in [0, 0.1) is 0 Å². The standard InChI is InChI=1S/C33H42Cl2N4O5/c1-3-4-5-6-7-8-9-10-11-12-13-14-18-44-33(43)25-20-27(34)31(28(35)21-25)39-30(41)22-29(38-39)37-32(42)24-16-15-17-26(19-24)36-23(2)40/h15-17,19-21H,3-14,18,22H2,1-2H3,(H,36,40)(H,37,38,42). The SMILES string of the molecule is CCCCCCCCCCCCCCOC(=O)c1cc(Cl)c(N2N=C(NC(=O)c3cccc(NC(C)=O)c3)CC2=O)c(Cl)c1. The fourth-order valence-corrected chi connectivity index (χ4v) is 5.54. The number of hydrogen-bond donors (Lipinski definition) is 2. The lowest BCUT2D eigenvalue weighted by atomic mass is 10.1. The predicted molar refractivity (Wildman–Crippen MR) is 176 cm³/mol. The Bertz CT molecular complexity index is 1320. The molecule has 11 heteroatoms. The monoisotopic (exact) mass is 644 g/mol. The number of nitrogens with one attached hydrogen (secondary N) is 2. The second-order valence-corrected chi connectivity index (χ2v) is 11.8. The number of amidine groups is 1. The van der Waals surface area contributed by atoms with E-state index in [0.717, 1.165) is 24.3 Å². The van der Waals surface area contributed by atoms with Crippen molar-refractivity contribution < 1.29 is 23.9 Å². The molecule has 0 unspecified atom stereocenters. The predicted octanol–water partition coefficient (Wildman–Crippen LogP) is 8.29. The maximum absolute atomic E-state index is 12.8. The Morgan fingerprint density at radius 1 is 0.841 bits per heavy atom. The molecule has 2 N–H and O–H groups in total. The highest BCUT2D eigenvalue weighted by atomic mass is 35.5. The van der Waals surface area contributed by atoms with Crippen LogP contribution in [0.25, 0.3) is 0 Å². The van der Waals surface area contributed by atoms with E-state index in [9.17, 15) is 19.2 Å². The molecule has 0 bridgehead atoms. The van der Waals surface area contributed by atoms with E-state index in [2.05, 4.69) is 22.7 Å². The Labute approximate surface area is 269 Å². The van der Waals surface area contributed by atoms with E-state index in [0.29, 0.717) is 12.3 Å². The molecule has 9 nitrogen and oxygen atoms in total. The number of unbranched alkanes of at least 4 members (excludes halogenated alkanes) is 11. The van der Waals surface area contributed by atoms with E-state index in [4.69, 9.17) is 27.9 Å². The molecule has 44 heavy (non-hydrogen) atoms. The second kappa shape index (κ2) is 18.4. The van der Waals surface area contributed by atoms with Crippen molar-refractivity contribution in [2.24, 2.45) is 5.10 Å². The molecule has 2 aromatic rings. The van der Waals surface area contributed by atoms with Crippen LogP contribution in [0.15, 0.2) is 41.5 Å². The number of hydrazone groups is 1. The Balaban J connectivity index is 1.46. The van der Waals surface area contributed by atoms with Crippen LogP contribution in [0.3, 0.4) is 0 Å². The number of esters is 1. The van der Waals surface area contributed by atoms with E-state index < -0.39 is 17.8 Å². The van der Waals surface area contributed by atoms with Gasteiger partial charge in [0.2, 0.25) is 5.91 Å². The summed E-state index contributed by atoms with van der Waals surface area (Å²) in [6, 6.07) is 9.13. The molecule has 238 valence electrons. The molecule has 0 atom stereocenters. The van der Waals surface area contributed by atoms with Crippen LogP contribution in [0.5, 0.6) is 0 Å². The van der Waals surface area contributed by atoms with E-state index in [1.165, 1.54) is 82.9 Å². The lowest BCUT2D eigenvalue weighted by Gasteiger charge is -2.16. The topological polar surface area (TPSA) is 117 Å². The molecule has 3 rings (SSSR count). The average molecular weight is 646 g/mol. The first-order valence-corrected chi connectivity index (χ1v) is 16.2. The van der Waals surface area contributed by atoms with Crippen LogP contribution in [0.4, 0.5) is 11.4 Å². The number of carbonyl (C=O) groups is 4. The largest absolute Gasteiger partial charge is 0.462 e. The number of halogens is 2. The first-order valence-electron chi connectivity index (χ1n) is 15.4. The summed E-state index contributed by atoms with van der Waals surface area (Å²) in [4.78, 5) is 49.4. The summed E-state index contributed by atoms with van der Waals surface area (Å²) in [6.45, 7) is 3.91. The molecule has 0 spiro atoms. The van der Waals surface area contributed by atoms with Crippen LogP contribution in [0.2, 0.25) is 10.0 Å². The van der Waals surface area contributed by atoms with E-state index in [1.54, 1.807) is 18.2 Å². The Morgan fingerprint density at radius 2 is 1.43 bits per heavy atom. The number of anilines is 2. The van der Waals surface area contributed by atoms with E-state index >= 15 is 0 Å². The van der Waals surface area contributed by atoms with Crippen LogP contribution in [0.1, 0.15) is 118 Å². The zero-order valence-electron chi connectivity index (χ0n) is 25.6. The molecule has 3 amide bonds. The highest BCUT2D eigenvalue weighted by molar-refractivity contribution is 6.41. The Kier molecular flexibility index (Phi) is 14.7. The third-order valence-electron chi connectivity index (χ3n) is 7.17. The van der Waals surface area contributed by atoms with Crippen molar-refractivity contribution in [3.63, 3.8) is 0 Å². The fourth-order valence-electron chi connectivity index (χ4n) is 4.90. The van der Waals surface area contributed by atoms with Gasteiger partial charge in [0.25, 0.3) is 11.8 Å². The van der Waals surface area contributed by atoms with Gasteiger partial charge in [-0.3, -0.25) is 14.4 Å². The first-order chi connectivity index (χ1) is 21.2. The molecular formula is C33H42Cl2N4O5. The minimum atomic E-state index is -0.547. The number of amides is 3. The van der Waals surface area contributed by atoms with Gasteiger partial charge in [0.1, 0.15) is 11.5 Å². The number of rotatable bonds is 17. The zero-order valence-corrected chi connectivity index (χ0v) is 27.1. The minimum Gasteiger partial charge on any atom is -0.462 e. The third-order valence-corrected chi connectivity index (χ3v) is 7.75. The van der Waals surface area contributed by atoms with Crippen molar-refractivity contribution in [3.05, 3.63) is 57.6 Å². The van der Waals surface area contributed by atoms with E-state index in [1.807, 2.05) is 0 Å². The van der Waals surface area contributed by atoms with Crippen LogP contribution in [-0.2, 0) is 14.3 Å². The molecule has 0 radical (unpaired) electrons. The normalized spacial score (nSPS) is 12.7. The lowest BCUT2D eigenvalue weighted by Crippen LogP contribution is -2.29.